The number of likely N-dealkylation sites (tertiary alicyclic amines) is 2. The normalized spacial score (nSPS) is 30.2. The van der Waals surface area contributed by atoms with Crippen molar-refractivity contribution in [1.29, 1.82) is 0 Å². The van der Waals surface area contributed by atoms with Gasteiger partial charge in [0.25, 0.3) is 0 Å². The maximum absolute atomic E-state index is 10.4. The molecule has 2 fully saturated rings. The number of rotatable bonds is 4. The first-order valence-electron chi connectivity index (χ1n) is 5.77. The number of carboxylic acids is 1. The Balaban J connectivity index is 1.73. The van der Waals surface area contributed by atoms with Gasteiger partial charge >= 0.3 is 5.97 Å². The summed E-state index contributed by atoms with van der Waals surface area (Å²) < 4.78 is 5.39. The number of carbonyl (C=O) groups is 1. The van der Waals surface area contributed by atoms with Gasteiger partial charge in [-0.05, 0) is 26.9 Å². The second-order valence-corrected chi connectivity index (χ2v) is 5.24. The van der Waals surface area contributed by atoms with Crippen LogP contribution in [0.4, 0.5) is 0 Å². The maximum atomic E-state index is 10.4. The average molecular weight is 228 g/mol. The Bertz CT molecular complexity index is 276. The first-order chi connectivity index (χ1) is 7.48. The lowest BCUT2D eigenvalue weighted by atomic mass is 9.93. The summed E-state index contributed by atoms with van der Waals surface area (Å²) in [6, 6.07) is 0.631. The van der Waals surface area contributed by atoms with Crippen molar-refractivity contribution in [3.05, 3.63) is 0 Å². The Morgan fingerprint density at radius 3 is 2.75 bits per heavy atom. The van der Waals surface area contributed by atoms with E-state index in [2.05, 4.69) is 16.8 Å². The monoisotopic (exact) mass is 228 g/mol. The van der Waals surface area contributed by atoms with Crippen molar-refractivity contribution in [3.8, 4) is 0 Å². The number of hydrogen-bond acceptors (Lipinski definition) is 4. The molecule has 5 heteroatoms. The van der Waals surface area contributed by atoms with Gasteiger partial charge in [-0.2, -0.15) is 0 Å². The summed E-state index contributed by atoms with van der Waals surface area (Å²) in [7, 11) is 2.14. The molecule has 5 nitrogen and oxygen atoms in total. The zero-order chi connectivity index (χ0) is 11.8. The molecule has 2 heterocycles. The van der Waals surface area contributed by atoms with Crippen LogP contribution in [0.3, 0.4) is 0 Å². The fourth-order valence-electron chi connectivity index (χ4n) is 2.61. The van der Waals surface area contributed by atoms with E-state index in [0.29, 0.717) is 6.04 Å². The van der Waals surface area contributed by atoms with Gasteiger partial charge in [-0.25, -0.2) is 4.79 Å². The number of hydrogen-bond donors (Lipinski definition) is 1. The molecule has 0 aliphatic carbocycles. The Labute approximate surface area is 96.0 Å². The van der Waals surface area contributed by atoms with Gasteiger partial charge in [0.2, 0.25) is 0 Å². The van der Waals surface area contributed by atoms with Gasteiger partial charge < -0.3 is 14.7 Å². The number of aliphatic carboxylic acids is 1. The van der Waals surface area contributed by atoms with E-state index in [9.17, 15) is 4.79 Å². The fraction of sp³-hybridized carbons (Fsp3) is 0.909. The molecule has 0 aromatic rings. The van der Waals surface area contributed by atoms with Crippen LogP contribution in [0.1, 0.15) is 13.3 Å². The minimum absolute atomic E-state index is 0.186. The van der Waals surface area contributed by atoms with Gasteiger partial charge in [0, 0.05) is 25.7 Å². The number of nitrogens with zero attached hydrogens (tertiary/aromatic N) is 2. The van der Waals surface area contributed by atoms with Crippen molar-refractivity contribution < 1.29 is 14.6 Å². The summed E-state index contributed by atoms with van der Waals surface area (Å²) in [5.41, 5.74) is -0.250. The lowest BCUT2D eigenvalue weighted by Gasteiger charge is -2.50. The quantitative estimate of drug-likeness (QED) is 0.726. The number of carboxylic acid groups (broad SMARTS) is 1. The molecule has 2 aliphatic heterocycles. The molecule has 0 amide bonds. The highest BCUT2D eigenvalue weighted by molar-refractivity contribution is 5.68. The molecule has 16 heavy (non-hydrogen) atoms. The van der Waals surface area contributed by atoms with Gasteiger partial charge in [0.15, 0.2) is 0 Å². The Morgan fingerprint density at radius 2 is 2.25 bits per heavy atom. The molecule has 2 saturated heterocycles. The first-order valence-corrected chi connectivity index (χ1v) is 5.77. The van der Waals surface area contributed by atoms with E-state index in [4.69, 9.17) is 9.84 Å². The smallest absolute Gasteiger partial charge is 0.329 e. The molecular weight excluding hydrogens is 208 g/mol. The van der Waals surface area contributed by atoms with Crippen LogP contribution in [0.15, 0.2) is 0 Å². The summed E-state index contributed by atoms with van der Waals surface area (Å²) in [4.78, 5) is 15.1. The third-order valence-electron chi connectivity index (χ3n) is 3.50. The standard InChI is InChI=1S/C11H20N2O3/c1-11(16-6-10(14)15)7-13(8-11)9-3-4-12(2)5-9/h9H,3-8H2,1-2H3,(H,14,15). The summed E-state index contributed by atoms with van der Waals surface area (Å²) in [5, 5.41) is 8.56. The minimum atomic E-state index is -0.889. The van der Waals surface area contributed by atoms with E-state index in [0.717, 1.165) is 26.2 Å². The van der Waals surface area contributed by atoms with Crippen LogP contribution in [-0.2, 0) is 9.53 Å². The molecule has 1 unspecified atom stereocenters. The Kier molecular flexibility index (Phi) is 3.19. The topological polar surface area (TPSA) is 53.0 Å². The van der Waals surface area contributed by atoms with Crippen molar-refractivity contribution in [2.24, 2.45) is 0 Å². The minimum Gasteiger partial charge on any atom is -0.480 e. The maximum Gasteiger partial charge on any atom is 0.329 e. The average Bonchev–Trinajstić information content (AvgIpc) is 2.57. The molecule has 92 valence electrons. The highest BCUT2D eigenvalue weighted by Gasteiger charge is 2.44. The number of ether oxygens (including phenoxy) is 1. The van der Waals surface area contributed by atoms with Crippen LogP contribution in [0, 0.1) is 0 Å². The van der Waals surface area contributed by atoms with E-state index >= 15 is 0 Å². The summed E-state index contributed by atoms with van der Waals surface area (Å²) >= 11 is 0. The second kappa shape index (κ2) is 4.31. The fourth-order valence-corrected chi connectivity index (χ4v) is 2.61. The zero-order valence-corrected chi connectivity index (χ0v) is 9.98. The van der Waals surface area contributed by atoms with Gasteiger partial charge in [-0.1, -0.05) is 0 Å². The first kappa shape index (κ1) is 11.8. The highest BCUT2D eigenvalue weighted by Crippen LogP contribution is 2.29. The van der Waals surface area contributed by atoms with E-state index in [1.807, 2.05) is 6.92 Å². The Hall–Kier alpha value is -0.650. The molecular formula is C11H20N2O3. The molecule has 1 N–H and O–H groups in total. The van der Waals surface area contributed by atoms with Crippen molar-refractivity contribution in [2.45, 2.75) is 25.0 Å². The molecule has 2 rings (SSSR count). The third kappa shape index (κ3) is 2.53. The third-order valence-corrected chi connectivity index (χ3v) is 3.50. The summed E-state index contributed by atoms with van der Waals surface area (Å²) in [6.45, 7) is 5.81. The van der Waals surface area contributed by atoms with Crippen molar-refractivity contribution in [3.63, 3.8) is 0 Å². The van der Waals surface area contributed by atoms with Crippen LogP contribution in [0.5, 0.6) is 0 Å². The van der Waals surface area contributed by atoms with Crippen LogP contribution >= 0.6 is 0 Å². The molecule has 0 spiro atoms. The van der Waals surface area contributed by atoms with Gasteiger partial charge in [0.05, 0.1) is 5.60 Å². The van der Waals surface area contributed by atoms with E-state index in [-0.39, 0.29) is 12.2 Å². The molecule has 0 aromatic heterocycles. The predicted octanol–water partition coefficient (Wildman–Crippen LogP) is -0.134. The van der Waals surface area contributed by atoms with Gasteiger partial charge in [-0.3, -0.25) is 4.90 Å². The lowest BCUT2D eigenvalue weighted by molar-refractivity contribution is -0.168. The summed E-state index contributed by atoms with van der Waals surface area (Å²) in [5.74, 6) is -0.889. The van der Waals surface area contributed by atoms with Crippen molar-refractivity contribution in [2.75, 3.05) is 39.8 Å². The van der Waals surface area contributed by atoms with E-state index in [1.54, 1.807) is 0 Å². The van der Waals surface area contributed by atoms with E-state index < -0.39 is 5.97 Å². The molecule has 1 atom stereocenters. The van der Waals surface area contributed by atoms with E-state index in [1.165, 1.54) is 6.42 Å². The molecule has 0 bridgehead atoms. The molecule has 0 radical (unpaired) electrons. The SMILES string of the molecule is CN1CCC(N2CC(C)(OCC(=O)O)C2)C1. The van der Waals surface area contributed by atoms with Gasteiger partial charge in [0.1, 0.15) is 6.61 Å². The predicted molar refractivity (Wildman–Crippen MR) is 59.5 cm³/mol. The number of likely N-dealkylation sites (N-methyl/N-ethyl adjacent to an activating group) is 1. The Morgan fingerprint density at radius 1 is 1.56 bits per heavy atom. The van der Waals surface area contributed by atoms with Crippen LogP contribution < -0.4 is 0 Å². The van der Waals surface area contributed by atoms with Crippen LogP contribution in [0.2, 0.25) is 0 Å². The zero-order valence-electron chi connectivity index (χ0n) is 9.98. The largest absolute Gasteiger partial charge is 0.480 e. The van der Waals surface area contributed by atoms with Crippen LogP contribution in [0.25, 0.3) is 0 Å². The second-order valence-electron chi connectivity index (χ2n) is 5.24. The summed E-state index contributed by atoms with van der Waals surface area (Å²) in [6.07, 6.45) is 1.21. The molecule has 0 aromatic carbocycles. The highest BCUT2D eigenvalue weighted by atomic mass is 16.5. The van der Waals surface area contributed by atoms with Crippen molar-refractivity contribution in [1.82, 2.24) is 9.80 Å². The van der Waals surface area contributed by atoms with Crippen molar-refractivity contribution >= 4 is 5.97 Å². The molecule has 0 saturated carbocycles. The van der Waals surface area contributed by atoms with Gasteiger partial charge in [-0.15, -0.1) is 0 Å². The van der Waals surface area contributed by atoms with Crippen LogP contribution in [-0.4, -0.2) is 72.4 Å². The lowest BCUT2D eigenvalue weighted by Crippen LogP contribution is -2.64. The molecule has 2 aliphatic rings.